The number of para-hydroxylation sites is 2. The van der Waals surface area contributed by atoms with Gasteiger partial charge in [-0.15, -0.1) is 11.3 Å². The zero-order valence-electron chi connectivity index (χ0n) is 17.5. The average Bonchev–Trinajstić information content (AvgIpc) is 3.50. The maximum Gasteiger partial charge on any atom is 0.258 e. The van der Waals surface area contributed by atoms with Crippen LogP contribution in [0.15, 0.2) is 53.1 Å². The van der Waals surface area contributed by atoms with Crippen LogP contribution < -0.4 is 4.74 Å². The molecule has 7 heteroatoms. The number of nitrogens with zero attached hydrogens (tertiary/aromatic N) is 3. The topological polar surface area (TPSA) is 68.5 Å². The Morgan fingerprint density at radius 2 is 2.00 bits per heavy atom. The minimum absolute atomic E-state index is 0.000480. The molecule has 3 heterocycles. The molecule has 1 atom stereocenters. The Labute approximate surface area is 184 Å². The molecule has 6 nitrogen and oxygen atoms in total. The highest BCUT2D eigenvalue weighted by Crippen LogP contribution is 2.38. The van der Waals surface area contributed by atoms with Gasteiger partial charge >= 0.3 is 0 Å². The third-order valence-corrected chi connectivity index (χ3v) is 6.92. The number of aryl methyl sites for hydroxylation is 2. The third-order valence-electron chi connectivity index (χ3n) is 5.78. The number of aromatic nitrogens is 2. The van der Waals surface area contributed by atoms with E-state index in [0.717, 1.165) is 51.6 Å². The Balaban J connectivity index is 1.40. The summed E-state index contributed by atoms with van der Waals surface area (Å²) in [7, 11) is 0. The standard InChI is InChI=1S/C24H23N3O3S/c1-15-18(16(2)30-26-15)14-29-21-11-5-3-8-17(21)24(28)27-13-7-10-20(27)23-25-19-9-4-6-12-22(19)31-23/h3-6,8-9,11-12,20H,7,10,13-14H2,1-2H3/t20-/m0/s1. The van der Waals surface area contributed by atoms with E-state index in [4.69, 9.17) is 14.2 Å². The zero-order valence-corrected chi connectivity index (χ0v) is 18.3. The van der Waals surface area contributed by atoms with Crippen molar-refractivity contribution in [3.8, 4) is 5.75 Å². The second-order valence-electron chi connectivity index (χ2n) is 7.76. The molecule has 158 valence electrons. The highest BCUT2D eigenvalue weighted by atomic mass is 32.1. The first-order valence-electron chi connectivity index (χ1n) is 10.4. The average molecular weight is 434 g/mol. The van der Waals surface area contributed by atoms with Crippen molar-refractivity contribution in [3.05, 3.63) is 76.1 Å². The van der Waals surface area contributed by atoms with Crippen LogP contribution in [0.2, 0.25) is 0 Å². The SMILES string of the molecule is Cc1noc(C)c1COc1ccccc1C(=O)N1CCC[C@H]1c1nc2ccccc2s1. The molecule has 0 saturated carbocycles. The van der Waals surface area contributed by atoms with Crippen molar-refractivity contribution in [3.63, 3.8) is 0 Å². The summed E-state index contributed by atoms with van der Waals surface area (Å²) in [6.45, 7) is 4.78. The van der Waals surface area contributed by atoms with Gasteiger partial charge in [-0.2, -0.15) is 0 Å². The number of rotatable bonds is 5. The number of benzene rings is 2. The number of carbonyl (C=O) groups is 1. The molecule has 1 fully saturated rings. The lowest BCUT2D eigenvalue weighted by Gasteiger charge is -2.24. The van der Waals surface area contributed by atoms with E-state index in [1.54, 1.807) is 11.3 Å². The lowest BCUT2D eigenvalue weighted by molar-refractivity contribution is 0.0730. The quantitative estimate of drug-likeness (QED) is 0.418. The summed E-state index contributed by atoms with van der Waals surface area (Å²) in [6.07, 6.45) is 1.89. The molecule has 0 unspecified atom stereocenters. The second kappa shape index (κ2) is 8.15. The lowest BCUT2D eigenvalue weighted by Crippen LogP contribution is -2.30. The fraction of sp³-hybridized carbons (Fsp3) is 0.292. The summed E-state index contributed by atoms with van der Waals surface area (Å²) in [5.41, 5.74) is 3.28. The van der Waals surface area contributed by atoms with Crippen molar-refractivity contribution in [1.82, 2.24) is 15.0 Å². The molecule has 0 aliphatic carbocycles. The van der Waals surface area contributed by atoms with Crippen LogP contribution in [-0.2, 0) is 6.61 Å². The Morgan fingerprint density at radius 3 is 2.81 bits per heavy atom. The minimum Gasteiger partial charge on any atom is -0.488 e. The molecule has 0 bridgehead atoms. The second-order valence-corrected chi connectivity index (χ2v) is 8.83. The number of fused-ring (bicyclic) bond motifs is 1. The molecule has 5 rings (SSSR count). The van der Waals surface area contributed by atoms with E-state index >= 15 is 0 Å². The molecular formula is C24H23N3O3S. The van der Waals surface area contributed by atoms with E-state index < -0.39 is 0 Å². The van der Waals surface area contributed by atoms with Crippen LogP contribution in [0.1, 0.15) is 51.3 Å². The third kappa shape index (κ3) is 3.70. The molecule has 4 aromatic rings. The number of amides is 1. The van der Waals surface area contributed by atoms with Crippen molar-refractivity contribution in [2.75, 3.05) is 6.54 Å². The van der Waals surface area contributed by atoms with E-state index in [2.05, 4.69) is 11.2 Å². The van der Waals surface area contributed by atoms with Crippen molar-refractivity contribution in [1.29, 1.82) is 0 Å². The van der Waals surface area contributed by atoms with Crippen molar-refractivity contribution in [2.45, 2.75) is 39.3 Å². The van der Waals surface area contributed by atoms with Gasteiger partial charge in [-0.1, -0.05) is 29.4 Å². The molecule has 31 heavy (non-hydrogen) atoms. The predicted octanol–water partition coefficient (Wildman–Crippen LogP) is 5.46. The van der Waals surface area contributed by atoms with E-state index in [1.165, 1.54) is 0 Å². The molecule has 1 aliphatic rings. The summed E-state index contributed by atoms with van der Waals surface area (Å²) in [6, 6.07) is 15.6. The summed E-state index contributed by atoms with van der Waals surface area (Å²) < 4.78 is 12.4. The van der Waals surface area contributed by atoms with Gasteiger partial charge in [-0.3, -0.25) is 4.79 Å². The van der Waals surface area contributed by atoms with Crippen molar-refractivity contribution in [2.24, 2.45) is 0 Å². The van der Waals surface area contributed by atoms with E-state index in [9.17, 15) is 4.79 Å². The number of thiazole rings is 1. The summed E-state index contributed by atoms with van der Waals surface area (Å²) >= 11 is 1.67. The maximum atomic E-state index is 13.6. The van der Waals surface area contributed by atoms with Crippen LogP contribution in [0.4, 0.5) is 0 Å². The van der Waals surface area contributed by atoms with Crippen LogP contribution in [0.5, 0.6) is 5.75 Å². The van der Waals surface area contributed by atoms with Crippen LogP contribution >= 0.6 is 11.3 Å². The highest BCUT2D eigenvalue weighted by molar-refractivity contribution is 7.18. The molecular weight excluding hydrogens is 410 g/mol. The fourth-order valence-electron chi connectivity index (χ4n) is 4.08. The van der Waals surface area contributed by atoms with Gasteiger partial charge < -0.3 is 14.2 Å². The first-order chi connectivity index (χ1) is 15.1. The lowest BCUT2D eigenvalue weighted by atomic mass is 10.1. The molecule has 0 N–H and O–H groups in total. The smallest absolute Gasteiger partial charge is 0.258 e. The maximum absolute atomic E-state index is 13.6. The van der Waals surface area contributed by atoms with E-state index in [-0.39, 0.29) is 11.9 Å². The normalized spacial score (nSPS) is 16.2. The number of carbonyl (C=O) groups excluding carboxylic acids is 1. The van der Waals surface area contributed by atoms with Gasteiger partial charge in [0.15, 0.2) is 0 Å². The van der Waals surface area contributed by atoms with Gasteiger partial charge in [0, 0.05) is 6.54 Å². The summed E-state index contributed by atoms with van der Waals surface area (Å²) in [5.74, 6) is 1.29. The predicted molar refractivity (Wildman–Crippen MR) is 119 cm³/mol. The first-order valence-corrected chi connectivity index (χ1v) is 11.2. The molecule has 0 radical (unpaired) electrons. The number of ether oxygens (including phenoxy) is 1. The van der Waals surface area contributed by atoms with Crippen molar-refractivity contribution >= 4 is 27.5 Å². The fourth-order valence-corrected chi connectivity index (χ4v) is 5.20. The Kier molecular flexibility index (Phi) is 5.19. The first kappa shape index (κ1) is 19.8. The van der Waals surface area contributed by atoms with Gasteiger partial charge in [0.1, 0.15) is 23.1 Å². The molecule has 2 aromatic carbocycles. The zero-order chi connectivity index (χ0) is 21.4. The Hall–Kier alpha value is -3.19. The molecule has 1 aliphatic heterocycles. The van der Waals surface area contributed by atoms with E-state index in [1.807, 2.05) is 61.2 Å². The van der Waals surface area contributed by atoms with Crippen LogP contribution in [0.3, 0.4) is 0 Å². The Morgan fingerprint density at radius 1 is 1.19 bits per heavy atom. The van der Waals surface area contributed by atoms with Crippen molar-refractivity contribution < 1.29 is 14.1 Å². The molecule has 1 saturated heterocycles. The largest absolute Gasteiger partial charge is 0.488 e. The monoisotopic (exact) mass is 433 g/mol. The van der Waals surface area contributed by atoms with Gasteiger partial charge in [0.2, 0.25) is 0 Å². The summed E-state index contributed by atoms with van der Waals surface area (Å²) in [5, 5.41) is 4.98. The van der Waals surface area contributed by atoms with Gasteiger partial charge in [-0.05, 0) is 51.0 Å². The molecule has 0 spiro atoms. The van der Waals surface area contributed by atoms with E-state index in [0.29, 0.717) is 17.9 Å². The van der Waals surface area contributed by atoms with Gasteiger partial charge in [-0.25, -0.2) is 4.98 Å². The minimum atomic E-state index is -0.0175. The molecule has 1 amide bonds. The van der Waals surface area contributed by atoms with Crippen LogP contribution in [-0.4, -0.2) is 27.5 Å². The Bertz CT molecular complexity index is 1190. The number of likely N-dealkylation sites (tertiary alicyclic amines) is 1. The highest BCUT2D eigenvalue weighted by Gasteiger charge is 2.34. The molecule has 2 aromatic heterocycles. The van der Waals surface area contributed by atoms with Crippen LogP contribution in [0, 0.1) is 13.8 Å². The number of hydrogen-bond donors (Lipinski definition) is 0. The number of hydrogen-bond acceptors (Lipinski definition) is 6. The van der Waals surface area contributed by atoms with Gasteiger partial charge in [0.05, 0.1) is 33.1 Å². The van der Waals surface area contributed by atoms with Gasteiger partial charge in [0.25, 0.3) is 5.91 Å². The summed E-state index contributed by atoms with van der Waals surface area (Å²) in [4.78, 5) is 20.3. The van der Waals surface area contributed by atoms with Crippen LogP contribution in [0.25, 0.3) is 10.2 Å².